The summed E-state index contributed by atoms with van der Waals surface area (Å²) in [4.78, 5) is 11.2. The van der Waals surface area contributed by atoms with E-state index >= 15 is 0 Å². The average Bonchev–Trinajstić information content (AvgIpc) is 3.12. The summed E-state index contributed by atoms with van der Waals surface area (Å²) in [7, 11) is 1.37. The van der Waals surface area contributed by atoms with Gasteiger partial charge in [0.2, 0.25) is 0 Å². The van der Waals surface area contributed by atoms with E-state index in [1.165, 1.54) is 32.8 Å². The zero-order chi connectivity index (χ0) is 14.4. The van der Waals surface area contributed by atoms with Gasteiger partial charge in [-0.3, -0.25) is 9.48 Å². The molecular formula is C14H23N3O2S. The minimum absolute atomic E-state index is 0.337. The highest BCUT2D eigenvalue weighted by molar-refractivity contribution is 7.98. The maximum atomic E-state index is 11.2. The molecule has 1 fully saturated rings. The van der Waals surface area contributed by atoms with E-state index < -0.39 is 6.04 Å². The standard InChI is InChI=1S/C14H23N3O2S/c1-19-14(18)13(15)7-9-20-10-11-6-8-17(16-11)12-4-2-3-5-12/h6,8,12-13H,2-5,7,9-10,15H2,1H3. The van der Waals surface area contributed by atoms with Crippen molar-refractivity contribution in [2.24, 2.45) is 5.73 Å². The predicted octanol–water partition coefficient (Wildman–Crippen LogP) is 2.12. The van der Waals surface area contributed by atoms with E-state index in [2.05, 4.69) is 26.8 Å². The zero-order valence-electron chi connectivity index (χ0n) is 12.0. The summed E-state index contributed by atoms with van der Waals surface area (Å²) < 4.78 is 6.71. The van der Waals surface area contributed by atoms with Crippen LogP contribution in [0.3, 0.4) is 0 Å². The van der Waals surface area contributed by atoms with Gasteiger partial charge in [0, 0.05) is 11.9 Å². The van der Waals surface area contributed by atoms with Gasteiger partial charge >= 0.3 is 5.97 Å². The average molecular weight is 297 g/mol. The summed E-state index contributed by atoms with van der Waals surface area (Å²) in [6.45, 7) is 0. The van der Waals surface area contributed by atoms with Crippen molar-refractivity contribution in [3.63, 3.8) is 0 Å². The van der Waals surface area contributed by atoms with Crippen LogP contribution < -0.4 is 5.73 Å². The molecule has 0 bridgehead atoms. The molecule has 0 amide bonds. The van der Waals surface area contributed by atoms with Crippen LogP contribution in [0.15, 0.2) is 12.3 Å². The Morgan fingerprint density at radius 1 is 1.60 bits per heavy atom. The minimum Gasteiger partial charge on any atom is -0.468 e. The van der Waals surface area contributed by atoms with E-state index in [-0.39, 0.29) is 5.97 Å². The fraction of sp³-hybridized carbons (Fsp3) is 0.714. The number of nitrogens with two attached hydrogens (primary N) is 1. The van der Waals surface area contributed by atoms with Crippen LogP contribution in [0.5, 0.6) is 0 Å². The molecule has 1 aliphatic rings. The number of carbonyl (C=O) groups excluding carboxylic acids is 1. The molecule has 1 heterocycles. The number of rotatable bonds is 7. The Morgan fingerprint density at radius 2 is 2.35 bits per heavy atom. The summed E-state index contributed by atoms with van der Waals surface area (Å²) in [5, 5.41) is 4.63. The molecule has 1 atom stereocenters. The molecule has 0 aromatic carbocycles. The van der Waals surface area contributed by atoms with Crippen molar-refractivity contribution in [1.82, 2.24) is 9.78 Å². The second-order valence-electron chi connectivity index (χ2n) is 5.20. The number of aromatic nitrogens is 2. The Morgan fingerprint density at radius 3 is 3.05 bits per heavy atom. The molecule has 1 aliphatic carbocycles. The van der Waals surface area contributed by atoms with Gasteiger partial charge in [-0.15, -0.1) is 0 Å². The number of hydrogen-bond donors (Lipinski definition) is 1. The van der Waals surface area contributed by atoms with Crippen molar-refractivity contribution in [2.75, 3.05) is 12.9 Å². The van der Waals surface area contributed by atoms with Crippen LogP contribution in [0.4, 0.5) is 0 Å². The Labute approximate surface area is 124 Å². The number of methoxy groups -OCH3 is 1. The SMILES string of the molecule is COC(=O)C(N)CCSCc1ccn(C2CCCC2)n1. The highest BCUT2D eigenvalue weighted by atomic mass is 32.2. The lowest BCUT2D eigenvalue weighted by Gasteiger charge is -2.09. The van der Waals surface area contributed by atoms with E-state index in [0.717, 1.165) is 17.2 Å². The molecular weight excluding hydrogens is 274 g/mol. The summed E-state index contributed by atoms with van der Waals surface area (Å²) in [6.07, 6.45) is 7.87. The first kappa shape index (κ1) is 15.4. The number of hydrogen-bond acceptors (Lipinski definition) is 5. The van der Waals surface area contributed by atoms with Crippen LogP contribution in [-0.4, -0.2) is 34.7 Å². The van der Waals surface area contributed by atoms with Gasteiger partial charge in [0.25, 0.3) is 0 Å². The number of nitrogens with zero attached hydrogens (tertiary/aromatic N) is 2. The van der Waals surface area contributed by atoms with Crippen molar-refractivity contribution in [2.45, 2.75) is 49.9 Å². The highest BCUT2D eigenvalue weighted by Crippen LogP contribution is 2.29. The van der Waals surface area contributed by atoms with Crippen molar-refractivity contribution >= 4 is 17.7 Å². The monoisotopic (exact) mass is 297 g/mol. The molecule has 2 rings (SSSR count). The van der Waals surface area contributed by atoms with E-state index in [9.17, 15) is 4.79 Å². The lowest BCUT2D eigenvalue weighted by Crippen LogP contribution is -2.31. The van der Waals surface area contributed by atoms with Gasteiger partial charge in [-0.1, -0.05) is 12.8 Å². The summed E-state index contributed by atoms with van der Waals surface area (Å²) in [5.74, 6) is 1.37. The van der Waals surface area contributed by atoms with Gasteiger partial charge in [-0.2, -0.15) is 16.9 Å². The van der Waals surface area contributed by atoms with E-state index in [1.807, 2.05) is 0 Å². The third kappa shape index (κ3) is 4.24. The van der Waals surface area contributed by atoms with Gasteiger partial charge in [-0.25, -0.2) is 0 Å². The van der Waals surface area contributed by atoms with Crippen molar-refractivity contribution < 1.29 is 9.53 Å². The number of esters is 1. The molecule has 1 saturated carbocycles. The molecule has 1 aromatic heterocycles. The summed E-state index contributed by atoms with van der Waals surface area (Å²) >= 11 is 1.75. The predicted molar refractivity (Wildman–Crippen MR) is 80.5 cm³/mol. The fourth-order valence-electron chi connectivity index (χ4n) is 2.48. The largest absolute Gasteiger partial charge is 0.468 e. The Kier molecular flexibility index (Phi) is 5.91. The first-order valence-electron chi connectivity index (χ1n) is 7.16. The zero-order valence-corrected chi connectivity index (χ0v) is 12.8. The first-order valence-corrected chi connectivity index (χ1v) is 8.31. The molecule has 5 nitrogen and oxygen atoms in total. The fourth-order valence-corrected chi connectivity index (χ4v) is 3.41. The van der Waals surface area contributed by atoms with Crippen LogP contribution in [0.2, 0.25) is 0 Å². The van der Waals surface area contributed by atoms with Crippen molar-refractivity contribution in [1.29, 1.82) is 0 Å². The van der Waals surface area contributed by atoms with Gasteiger partial charge < -0.3 is 10.5 Å². The number of ether oxygens (including phenoxy) is 1. The third-order valence-corrected chi connectivity index (χ3v) is 4.71. The van der Waals surface area contributed by atoms with E-state index in [4.69, 9.17) is 5.73 Å². The molecule has 0 aliphatic heterocycles. The van der Waals surface area contributed by atoms with Gasteiger partial charge in [-0.05, 0) is 31.1 Å². The maximum Gasteiger partial charge on any atom is 0.322 e. The van der Waals surface area contributed by atoms with Crippen LogP contribution in [0.25, 0.3) is 0 Å². The Hall–Kier alpha value is -1.01. The smallest absolute Gasteiger partial charge is 0.322 e. The van der Waals surface area contributed by atoms with E-state index in [1.54, 1.807) is 11.8 Å². The Balaban J connectivity index is 1.68. The second kappa shape index (κ2) is 7.69. The topological polar surface area (TPSA) is 70.1 Å². The lowest BCUT2D eigenvalue weighted by atomic mass is 10.2. The molecule has 112 valence electrons. The molecule has 0 spiro atoms. The maximum absolute atomic E-state index is 11.2. The van der Waals surface area contributed by atoms with Crippen LogP contribution in [0, 0.1) is 0 Å². The van der Waals surface area contributed by atoms with Gasteiger partial charge in [0.05, 0.1) is 18.8 Å². The summed E-state index contributed by atoms with van der Waals surface area (Å²) in [5.41, 5.74) is 6.79. The molecule has 1 unspecified atom stereocenters. The molecule has 6 heteroatoms. The molecule has 0 radical (unpaired) electrons. The Bertz CT molecular complexity index is 430. The molecule has 20 heavy (non-hydrogen) atoms. The minimum atomic E-state index is -0.511. The van der Waals surface area contributed by atoms with Crippen molar-refractivity contribution in [3.05, 3.63) is 18.0 Å². The normalized spacial score (nSPS) is 17.3. The second-order valence-corrected chi connectivity index (χ2v) is 6.30. The molecule has 0 saturated heterocycles. The van der Waals surface area contributed by atoms with Gasteiger partial charge in [0.1, 0.15) is 6.04 Å². The third-order valence-electron chi connectivity index (χ3n) is 3.69. The van der Waals surface area contributed by atoms with Gasteiger partial charge in [0.15, 0.2) is 0 Å². The summed E-state index contributed by atoms with van der Waals surface area (Å²) in [6, 6.07) is 2.18. The van der Waals surface area contributed by atoms with Crippen LogP contribution in [0.1, 0.15) is 43.8 Å². The number of thioether (sulfide) groups is 1. The van der Waals surface area contributed by atoms with E-state index in [0.29, 0.717) is 12.5 Å². The first-order chi connectivity index (χ1) is 9.70. The van der Waals surface area contributed by atoms with Crippen LogP contribution >= 0.6 is 11.8 Å². The number of carbonyl (C=O) groups is 1. The lowest BCUT2D eigenvalue weighted by molar-refractivity contribution is -0.142. The highest BCUT2D eigenvalue weighted by Gasteiger charge is 2.17. The molecule has 1 aromatic rings. The van der Waals surface area contributed by atoms with Crippen LogP contribution in [-0.2, 0) is 15.3 Å². The quantitative estimate of drug-likeness (QED) is 0.616. The van der Waals surface area contributed by atoms with Crippen molar-refractivity contribution in [3.8, 4) is 0 Å². The molecule has 2 N–H and O–H groups in total.